The molecule has 0 radical (unpaired) electrons. The van der Waals surface area contributed by atoms with Gasteiger partial charge in [-0.3, -0.25) is 0 Å². The minimum absolute atomic E-state index is 0.300. The molecule has 4 aliphatic rings. The van der Waals surface area contributed by atoms with Crippen molar-refractivity contribution in [1.82, 2.24) is 0 Å². The van der Waals surface area contributed by atoms with Gasteiger partial charge in [-0.05, 0) is 79.6 Å². The molecule has 6 unspecified atom stereocenters. The lowest BCUT2D eigenvalue weighted by molar-refractivity contribution is 0.218. The van der Waals surface area contributed by atoms with Crippen LogP contribution in [0.3, 0.4) is 0 Å². The molecular weight excluding hydrogens is 244 g/mol. The smallest absolute Gasteiger partial charge is 0.128 e. The van der Waals surface area contributed by atoms with Crippen LogP contribution in [0.25, 0.3) is 0 Å². The van der Waals surface area contributed by atoms with Crippen molar-refractivity contribution >= 4 is 19.9 Å². The van der Waals surface area contributed by atoms with E-state index in [9.17, 15) is 0 Å². The van der Waals surface area contributed by atoms with Crippen LogP contribution in [0.4, 0.5) is 0 Å². The van der Waals surface area contributed by atoms with Crippen molar-refractivity contribution in [3.63, 3.8) is 0 Å². The molecule has 6 atom stereocenters. The van der Waals surface area contributed by atoms with E-state index in [1.165, 1.54) is 0 Å². The van der Waals surface area contributed by atoms with Crippen molar-refractivity contribution in [2.45, 2.75) is 56.9 Å². The van der Waals surface area contributed by atoms with Gasteiger partial charge in [0, 0.05) is 0 Å². The molecule has 0 heterocycles. The van der Waals surface area contributed by atoms with Crippen molar-refractivity contribution < 1.29 is 0 Å². The third kappa shape index (κ3) is 1.75. The first kappa shape index (κ1) is 11.3. The predicted molar refractivity (Wildman–Crippen MR) is 76.0 cm³/mol. The Hall–Kier alpha value is 0.507. The Labute approximate surface area is 112 Å². The fourth-order valence-corrected chi connectivity index (χ4v) is 9.17. The lowest BCUT2D eigenvalue weighted by Crippen LogP contribution is -2.28. The van der Waals surface area contributed by atoms with Crippen LogP contribution in [0.15, 0.2) is 0 Å². The molecule has 0 aromatic heterocycles. The number of hydrogen-bond donors (Lipinski definition) is 0. The second-order valence-electron chi connectivity index (χ2n) is 7.50. The molecule has 96 valence electrons. The van der Waals surface area contributed by atoms with E-state index >= 15 is 0 Å². The normalized spacial score (nSPS) is 54.2. The van der Waals surface area contributed by atoms with Gasteiger partial charge in [0.05, 0.1) is 0 Å². The average molecular weight is 269 g/mol. The van der Waals surface area contributed by atoms with Crippen LogP contribution >= 0.6 is 11.1 Å². The van der Waals surface area contributed by atoms with Gasteiger partial charge in [0.2, 0.25) is 0 Å². The lowest BCUT2D eigenvalue weighted by atomic mass is 9.76. The Balaban J connectivity index is 1.51. The first-order valence-corrected chi connectivity index (χ1v) is 10.9. The number of halogens is 1. The van der Waals surface area contributed by atoms with Gasteiger partial charge in [-0.15, -0.1) is 0 Å². The zero-order valence-electron chi connectivity index (χ0n) is 10.8. The Morgan fingerprint density at radius 3 is 1.59 bits per heavy atom. The highest BCUT2D eigenvalue weighted by Crippen LogP contribution is 2.60. The highest BCUT2D eigenvalue weighted by molar-refractivity contribution is 6.94. The summed E-state index contributed by atoms with van der Waals surface area (Å²) in [5, 5.41) is 0. The molecule has 0 aliphatic heterocycles. The first-order chi connectivity index (χ1) is 8.35. The van der Waals surface area contributed by atoms with Crippen molar-refractivity contribution in [3.05, 3.63) is 0 Å². The summed E-state index contributed by atoms with van der Waals surface area (Å²) < 4.78 is 0. The molecule has 0 spiro atoms. The standard InChI is InChI=1S/C15H25ClSi/c16-17-15(13-7-9-1-3-11(13)5-9)14-8-10-2-4-12(14)6-10/h9-15H,1-8,17H2. The van der Waals surface area contributed by atoms with Crippen molar-refractivity contribution in [3.8, 4) is 0 Å². The monoisotopic (exact) mass is 268 g/mol. The van der Waals surface area contributed by atoms with Crippen LogP contribution in [0.5, 0.6) is 0 Å². The largest absolute Gasteiger partial charge is 0.176 e. The fraction of sp³-hybridized carbons (Fsp3) is 1.00. The average Bonchev–Trinajstić information content (AvgIpc) is 3.10. The molecule has 4 aliphatic carbocycles. The molecule has 0 saturated heterocycles. The third-order valence-electron chi connectivity index (χ3n) is 6.86. The van der Waals surface area contributed by atoms with Crippen LogP contribution in [0.1, 0.15) is 51.4 Å². The minimum atomic E-state index is -0.300. The molecule has 4 fully saturated rings. The Morgan fingerprint density at radius 1 is 0.765 bits per heavy atom. The van der Waals surface area contributed by atoms with Gasteiger partial charge in [-0.2, -0.15) is 11.1 Å². The Bertz CT molecular complexity index is 277. The molecule has 17 heavy (non-hydrogen) atoms. The lowest BCUT2D eigenvalue weighted by Gasteiger charge is -2.37. The summed E-state index contributed by atoms with van der Waals surface area (Å²) in [6.45, 7) is 0. The number of fused-ring (bicyclic) bond motifs is 4. The summed E-state index contributed by atoms with van der Waals surface area (Å²) in [7, 11) is -0.300. The van der Waals surface area contributed by atoms with Crippen LogP contribution in [-0.2, 0) is 0 Å². The van der Waals surface area contributed by atoms with E-state index in [4.69, 9.17) is 11.1 Å². The van der Waals surface area contributed by atoms with Gasteiger partial charge in [0.1, 0.15) is 8.83 Å². The van der Waals surface area contributed by atoms with Gasteiger partial charge in [-0.25, -0.2) is 0 Å². The summed E-state index contributed by atoms with van der Waals surface area (Å²) in [5.74, 6) is 6.61. The molecule has 4 saturated carbocycles. The molecule has 4 rings (SSSR count). The molecular formula is C15H25ClSi. The zero-order valence-corrected chi connectivity index (χ0v) is 13.0. The predicted octanol–water partition coefficient (Wildman–Crippen LogP) is 3.97. The van der Waals surface area contributed by atoms with Crippen LogP contribution in [0.2, 0.25) is 5.54 Å². The second-order valence-corrected chi connectivity index (χ2v) is 9.67. The SMILES string of the molecule is Cl[SiH2]C(C1CC2CCC1C2)C1CC2CCC1C2. The third-order valence-corrected chi connectivity index (χ3v) is 9.50. The van der Waals surface area contributed by atoms with Crippen LogP contribution in [-0.4, -0.2) is 8.83 Å². The van der Waals surface area contributed by atoms with Gasteiger partial charge < -0.3 is 0 Å². The van der Waals surface area contributed by atoms with E-state index in [1.54, 1.807) is 51.4 Å². The molecule has 0 aromatic carbocycles. The summed E-state index contributed by atoms with van der Waals surface area (Å²) in [6, 6.07) is 0. The first-order valence-electron chi connectivity index (χ1n) is 7.91. The van der Waals surface area contributed by atoms with E-state index in [0.29, 0.717) is 0 Å². The summed E-state index contributed by atoms with van der Waals surface area (Å²) in [4.78, 5) is 0. The molecule has 4 bridgehead atoms. The van der Waals surface area contributed by atoms with E-state index in [2.05, 4.69) is 0 Å². The fourth-order valence-electron chi connectivity index (χ4n) is 6.18. The zero-order chi connectivity index (χ0) is 11.4. The molecule has 0 amide bonds. The summed E-state index contributed by atoms with van der Waals surface area (Å²) in [6.07, 6.45) is 12.5. The second kappa shape index (κ2) is 4.26. The van der Waals surface area contributed by atoms with E-state index in [-0.39, 0.29) is 8.83 Å². The summed E-state index contributed by atoms with van der Waals surface area (Å²) in [5.41, 5.74) is 1.03. The van der Waals surface area contributed by atoms with E-state index < -0.39 is 0 Å². The molecule has 2 heteroatoms. The maximum absolute atomic E-state index is 6.54. The highest BCUT2D eigenvalue weighted by atomic mass is 35.6. The number of rotatable bonds is 3. The van der Waals surface area contributed by atoms with Crippen LogP contribution in [0, 0.1) is 35.5 Å². The van der Waals surface area contributed by atoms with Gasteiger partial charge >= 0.3 is 0 Å². The number of hydrogen-bond acceptors (Lipinski definition) is 0. The van der Waals surface area contributed by atoms with E-state index in [1.807, 2.05) is 0 Å². The maximum atomic E-state index is 6.54. The Morgan fingerprint density at radius 2 is 1.29 bits per heavy atom. The molecule has 0 nitrogen and oxygen atoms in total. The minimum Gasteiger partial charge on any atom is -0.176 e. The van der Waals surface area contributed by atoms with Gasteiger partial charge in [0.15, 0.2) is 0 Å². The quantitative estimate of drug-likeness (QED) is 0.537. The molecule has 0 aromatic rings. The van der Waals surface area contributed by atoms with Crippen LogP contribution < -0.4 is 0 Å². The van der Waals surface area contributed by atoms with Gasteiger partial charge in [0.25, 0.3) is 0 Å². The topological polar surface area (TPSA) is 0 Å². The van der Waals surface area contributed by atoms with E-state index in [0.717, 1.165) is 41.0 Å². The van der Waals surface area contributed by atoms with Crippen molar-refractivity contribution in [2.24, 2.45) is 35.5 Å². The maximum Gasteiger partial charge on any atom is 0.128 e. The summed E-state index contributed by atoms with van der Waals surface area (Å²) >= 11 is 6.54. The van der Waals surface area contributed by atoms with Gasteiger partial charge in [-0.1, -0.05) is 12.8 Å². The van der Waals surface area contributed by atoms with Crippen molar-refractivity contribution in [2.75, 3.05) is 0 Å². The molecule has 0 N–H and O–H groups in total. The highest BCUT2D eigenvalue weighted by Gasteiger charge is 2.49. The Kier molecular flexibility index (Phi) is 2.85. The van der Waals surface area contributed by atoms with Crippen molar-refractivity contribution in [1.29, 1.82) is 0 Å².